The minimum Gasteiger partial charge on any atom is -0.370 e. The number of hydrogen-bond donors (Lipinski definition) is 1. The number of guanidine groups is 1. The van der Waals surface area contributed by atoms with Gasteiger partial charge < -0.3 is 10.6 Å². The highest BCUT2D eigenvalue weighted by Gasteiger charge is 2.32. The standard InChI is InChI=1S/C16H23N3/c1-11-5-3-4-6-15(11)12-9-13(10-12)18-16(17)19(2)14-7-8-14/h3-6,12-14H,7-10H2,1-2H3,(H2,17,18). The highest BCUT2D eigenvalue weighted by molar-refractivity contribution is 5.78. The summed E-state index contributed by atoms with van der Waals surface area (Å²) in [5.41, 5.74) is 8.95. The lowest BCUT2D eigenvalue weighted by molar-refractivity contribution is 0.346. The Morgan fingerprint density at radius 3 is 2.58 bits per heavy atom. The van der Waals surface area contributed by atoms with Gasteiger partial charge in [0, 0.05) is 13.1 Å². The zero-order valence-electron chi connectivity index (χ0n) is 11.8. The monoisotopic (exact) mass is 257 g/mol. The van der Waals surface area contributed by atoms with Crippen molar-refractivity contribution in [2.45, 2.75) is 50.6 Å². The molecule has 0 unspecified atom stereocenters. The fourth-order valence-electron chi connectivity index (χ4n) is 2.92. The van der Waals surface area contributed by atoms with Crippen LogP contribution in [-0.2, 0) is 0 Å². The lowest BCUT2D eigenvalue weighted by Crippen LogP contribution is -2.38. The molecular formula is C16H23N3. The van der Waals surface area contributed by atoms with Crippen LogP contribution in [0.3, 0.4) is 0 Å². The smallest absolute Gasteiger partial charge is 0.191 e. The van der Waals surface area contributed by atoms with E-state index in [0.717, 1.165) is 18.8 Å². The molecule has 0 amide bonds. The first-order valence-electron chi connectivity index (χ1n) is 7.27. The summed E-state index contributed by atoms with van der Waals surface area (Å²) in [7, 11) is 2.06. The quantitative estimate of drug-likeness (QED) is 0.668. The third-order valence-electron chi connectivity index (χ3n) is 4.51. The molecule has 0 heterocycles. The number of aliphatic imine (C=N–C) groups is 1. The summed E-state index contributed by atoms with van der Waals surface area (Å²) in [6.07, 6.45) is 4.82. The Hall–Kier alpha value is -1.51. The Kier molecular flexibility index (Phi) is 3.21. The maximum Gasteiger partial charge on any atom is 0.191 e. The average molecular weight is 257 g/mol. The molecule has 3 heteroatoms. The maximum absolute atomic E-state index is 6.06. The van der Waals surface area contributed by atoms with E-state index in [2.05, 4.69) is 48.1 Å². The molecule has 0 aromatic heterocycles. The van der Waals surface area contributed by atoms with Crippen molar-refractivity contribution in [3.63, 3.8) is 0 Å². The lowest BCUT2D eigenvalue weighted by Gasteiger charge is -2.34. The minimum atomic E-state index is 0.422. The van der Waals surface area contributed by atoms with Crippen LogP contribution in [0.1, 0.15) is 42.7 Å². The predicted molar refractivity (Wildman–Crippen MR) is 79.3 cm³/mol. The van der Waals surface area contributed by atoms with Crippen molar-refractivity contribution < 1.29 is 0 Å². The molecular weight excluding hydrogens is 234 g/mol. The van der Waals surface area contributed by atoms with Crippen molar-refractivity contribution in [2.24, 2.45) is 10.7 Å². The predicted octanol–water partition coefficient (Wildman–Crippen LogP) is 2.65. The molecule has 2 aliphatic carbocycles. The molecule has 0 aliphatic heterocycles. The Morgan fingerprint density at radius 1 is 1.26 bits per heavy atom. The molecule has 0 radical (unpaired) electrons. The molecule has 2 aliphatic rings. The second kappa shape index (κ2) is 4.87. The van der Waals surface area contributed by atoms with E-state index in [-0.39, 0.29) is 0 Å². The first-order valence-corrected chi connectivity index (χ1v) is 7.27. The first-order chi connectivity index (χ1) is 9.15. The van der Waals surface area contributed by atoms with Gasteiger partial charge >= 0.3 is 0 Å². The average Bonchev–Trinajstić information content (AvgIpc) is 3.17. The van der Waals surface area contributed by atoms with Gasteiger partial charge in [-0.2, -0.15) is 0 Å². The van der Waals surface area contributed by atoms with Crippen molar-refractivity contribution in [1.29, 1.82) is 0 Å². The number of rotatable bonds is 3. The van der Waals surface area contributed by atoms with Gasteiger partial charge in [-0.1, -0.05) is 24.3 Å². The summed E-state index contributed by atoms with van der Waals surface area (Å²) in [4.78, 5) is 6.81. The topological polar surface area (TPSA) is 41.6 Å². The van der Waals surface area contributed by atoms with Crippen molar-refractivity contribution >= 4 is 5.96 Å². The Bertz CT molecular complexity index is 485. The van der Waals surface area contributed by atoms with Gasteiger partial charge in [-0.15, -0.1) is 0 Å². The zero-order chi connectivity index (χ0) is 13.4. The summed E-state index contributed by atoms with van der Waals surface area (Å²) in [5, 5.41) is 0. The second-order valence-electron chi connectivity index (χ2n) is 6.01. The van der Waals surface area contributed by atoms with Gasteiger partial charge in [0.15, 0.2) is 5.96 Å². The van der Waals surface area contributed by atoms with Gasteiger partial charge in [0.05, 0.1) is 6.04 Å². The van der Waals surface area contributed by atoms with E-state index in [1.54, 1.807) is 0 Å². The Labute approximate surface area is 115 Å². The van der Waals surface area contributed by atoms with Gasteiger partial charge in [0.25, 0.3) is 0 Å². The van der Waals surface area contributed by atoms with E-state index in [1.165, 1.54) is 24.0 Å². The van der Waals surface area contributed by atoms with Crippen LogP contribution in [-0.4, -0.2) is 30.0 Å². The number of benzene rings is 1. The number of hydrogen-bond acceptors (Lipinski definition) is 1. The van der Waals surface area contributed by atoms with Gasteiger partial charge in [-0.25, -0.2) is 4.99 Å². The molecule has 19 heavy (non-hydrogen) atoms. The van der Waals surface area contributed by atoms with Crippen molar-refractivity contribution in [3.05, 3.63) is 35.4 Å². The summed E-state index contributed by atoms with van der Waals surface area (Å²) in [6.45, 7) is 2.20. The third-order valence-corrected chi connectivity index (χ3v) is 4.51. The molecule has 1 aromatic carbocycles. The van der Waals surface area contributed by atoms with Gasteiger partial charge in [0.2, 0.25) is 0 Å². The van der Waals surface area contributed by atoms with Crippen LogP contribution in [0.15, 0.2) is 29.3 Å². The molecule has 3 rings (SSSR count). The van der Waals surface area contributed by atoms with Crippen molar-refractivity contribution in [2.75, 3.05) is 7.05 Å². The molecule has 0 spiro atoms. The third kappa shape index (κ3) is 2.60. The van der Waals surface area contributed by atoms with Gasteiger partial charge in [0.1, 0.15) is 0 Å². The van der Waals surface area contributed by atoms with Gasteiger partial charge in [-0.3, -0.25) is 0 Å². The van der Waals surface area contributed by atoms with Crippen LogP contribution in [0.5, 0.6) is 0 Å². The molecule has 0 bridgehead atoms. The molecule has 3 nitrogen and oxygen atoms in total. The summed E-state index contributed by atoms with van der Waals surface area (Å²) in [6, 6.07) is 9.76. The van der Waals surface area contributed by atoms with Crippen LogP contribution in [0.4, 0.5) is 0 Å². The number of nitrogens with zero attached hydrogens (tertiary/aromatic N) is 2. The molecule has 0 saturated heterocycles. The number of nitrogens with two attached hydrogens (primary N) is 1. The van der Waals surface area contributed by atoms with Crippen LogP contribution in [0.2, 0.25) is 0 Å². The Morgan fingerprint density at radius 2 is 1.95 bits per heavy atom. The summed E-state index contributed by atoms with van der Waals surface area (Å²) < 4.78 is 0. The van der Waals surface area contributed by atoms with E-state index in [9.17, 15) is 0 Å². The van der Waals surface area contributed by atoms with E-state index >= 15 is 0 Å². The van der Waals surface area contributed by atoms with Crippen molar-refractivity contribution in [3.8, 4) is 0 Å². The van der Waals surface area contributed by atoms with Crippen LogP contribution in [0, 0.1) is 6.92 Å². The van der Waals surface area contributed by atoms with E-state index in [1.807, 2.05) is 0 Å². The summed E-state index contributed by atoms with van der Waals surface area (Å²) >= 11 is 0. The Balaban J connectivity index is 1.58. The van der Waals surface area contributed by atoms with Crippen LogP contribution < -0.4 is 5.73 Å². The van der Waals surface area contributed by atoms with E-state index in [4.69, 9.17) is 5.73 Å². The highest BCUT2D eigenvalue weighted by Crippen LogP contribution is 2.40. The normalized spacial score (nSPS) is 26.9. The van der Waals surface area contributed by atoms with Crippen LogP contribution >= 0.6 is 0 Å². The lowest BCUT2D eigenvalue weighted by atomic mass is 9.75. The van der Waals surface area contributed by atoms with E-state index in [0.29, 0.717) is 18.0 Å². The largest absolute Gasteiger partial charge is 0.370 e. The molecule has 2 saturated carbocycles. The molecule has 2 N–H and O–H groups in total. The molecule has 1 aromatic rings. The molecule has 2 fully saturated rings. The SMILES string of the molecule is Cc1ccccc1C1CC(N=C(N)N(C)C2CC2)C1. The zero-order valence-corrected chi connectivity index (χ0v) is 11.8. The summed E-state index contributed by atoms with van der Waals surface area (Å²) in [5.74, 6) is 1.41. The molecule has 102 valence electrons. The maximum atomic E-state index is 6.06. The fraction of sp³-hybridized carbons (Fsp3) is 0.562. The van der Waals surface area contributed by atoms with Crippen molar-refractivity contribution in [1.82, 2.24) is 4.90 Å². The second-order valence-corrected chi connectivity index (χ2v) is 6.01. The number of aryl methyl sites for hydroxylation is 1. The van der Waals surface area contributed by atoms with Crippen LogP contribution in [0.25, 0.3) is 0 Å². The molecule has 0 atom stereocenters. The highest BCUT2D eigenvalue weighted by atomic mass is 15.3. The minimum absolute atomic E-state index is 0.422. The van der Waals surface area contributed by atoms with E-state index < -0.39 is 0 Å². The first kappa shape index (κ1) is 12.5. The fourth-order valence-corrected chi connectivity index (χ4v) is 2.92. The van der Waals surface area contributed by atoms with Gasteiger partial charge in [-0.05, 0) is 49.7 Å².